The van der Waals surface area contributed by atoms with Crippen LogP contribution in [0.5, 0.6) is 0 Å². The second-order valence-electron chi connectivity index (χ2n) is 4.40. The number of nitrogens with zero attached hydrogens (tertiary/aromatic N) is 2. The maximum absolute atomic E-state index is 12.4. The number of rotatable bonds is 3. The smallest absolute Gasteiger partial charge is 0.322 e. The van der Waals surface area contributed by atoms with Crippen LogP contribution in [0.2, 0.25) is 0 Å². The van der Waals surface area contributed by atoms with Gasteiger partial charge in [0.15, 0.2) is 0 Å². The minimum Gasteiger partial charge on any atom is -0.322 e. The van der Waals surface area contributed by atoms with E-state index in [0.29, 0.717) is 0 Å². The molecular formula is C13H11F3N2O. The molecule has 1 fully saturated rings. The van der Waals surface area contributed by atoms with Crippen molar-refractivity contribution in [3.05, 3.63) is 35.4 Å². The molecule has 0 unspecified atom stereocenters. The first-order valence-corrected chi connectivity index (χ1v) is 5.78. The van der Waals surface area contributed by atoms with Crippen LogP contribution in [-0.2, 0) is 6.18 Å². The third-order valence-corrected chi connectivity index (χ3v) is 2.95. The highest BCUT2D eigenvalue weighted by molar-refractivity contribution is 5.94. The van der Waals surface area contributed by atoms with Gasteiger partial charge in [0, 0.05) is 11.6 Å². The molecule has 0 radical (unpaired) electrons. The summed E-state index contributed by atoms with van der Waals surface area (Å²) in [6, 6.07) is 6.01. The molecule has 100 valence electrons. The molecule has 0 atom stereocenters. The summed E-state index contributed by atoms with van der Waals surface area (Å²) in [6.07, 6.45) is -2.73. The van der Waals surface area contributed by atoms with Gasteiger partial charge >= 0.3 is 6.18 Å². The number of hydrogen-bond donors (Lipinski definition) is 0. The van der Waals surface area contributed by atoms with Crippen molar-refractivity contribution in [3.63, 3.8) is 0 Å². The van der Waals surface area contributed by atoms with Crippen LogP contribution >= 0.6 is 0 Å². The predicted octanol–water partition coefficient (Wildman–Crippen LogP) is 2.83. The topological polar surface area (TPSA) is 44.1 Å². The second-order valence-corrected chi connectivity index (χ2v) is 4.40. The van der Waals surface area contributed by atoms with Crippen molar-refractivity contribution in [1.82, 2.24) is 4.90 Å². The summed E-state index contributed by atoms with van der Waals surface area (Å²) in [6.45, 7) is -0.0372. The number of alkyl halides is 3. The molecule has 1 aliphatic carbocycles. The Morgan fingerprint density at radius 3 is 2.32 bits per heavy atom. The molecule has 1 aromatic rings. The van der Waals surface area contributed by atoms with Gasteiger partial charge in [-0.05, 0) is 37.1 Å². The summed E-state index contributed by atoms with van der Waals surface area (Å²) < 4.78 is 37.2. The molecule has 0 spiro atoms. The van der Waals surface area contributed by atoms with Crippen molar-refractivity contribution in [2.45, 2.75) is 25.1 Å². The number of nitriles is 1. The van der Waals surface area contributed by atoms with E-state index in [0.717, 1.165) is 37.1 Å². The van der Waals surface area contributed by atoms with Crippen LogP contribution in [0.3, 0.4) is 0 Å². The molecule has 1 amide bonds. The van der Waals surface area contributed by atoms with Crippen molar-refractivity contribution in [2.75, 3.05) is 6.54 Å². The van der Waals surface area contributed by atoms with Crippen molar-refractivity contribution in [1.29, 1.82) is 5.26 Å². The number of hydrogen-bond acceptors (Lipinski definition) is 2. The van der Waals surface area contributed by atoms with Gasteiger partial charge in [0.25, 0.3) is 5.91 Å². The number of carbonyl (C=O) groups excluding carboxylic acids is 1. The van der Waals surface area contributed by atoms with Gasteiger partial charge in [0.2, 0.25) is 0 Å². The molecule has 0 heterocycles. The van der Waals surface area contributed by atoms with Crippen LogP contribution in [0.25, 0.3) is 0 Å². The molecule has 2 rings (SSSR count). The van der Waals surface area contributed by atoms with E-state index in [1.807, 2.05) is 6.07 Å². The van der Waals surface area contributed by atoms with Gasteiger partial charge in [-0.2, -0.15) is 18.4 Å². The Balaban J connectivity index is 2.17. The molecule has 0 N–H and O–H groups in total. The molecule has 6 heteroatoms. The lowest BCUT2D eigenvalue weighted by molar-refractivity contribution is -0.137. The van der Waals surface area contributed by atoms with Crippen LogP contribution in [0.4, 0.5) is 13.2 Å². The maximum atomic E-state index is 12.4. The van der Waals surface area contributed by atoms with E-state index in [2.05, 4.69) is 0 Å². The van der Waals surface area contributed by atoms with Gasteiger partial charge in [-0.3, -0.25) is 4.79 Å². The number of halogens is 3. The van der Waals surface area contributed by atoms with E-state index in [1.54, 1.807) is 0 Å². The van der Waals surface area contributed by atoms with E-state index in [4.69, 9.17) is 5.26 Å². The average molecular weight is 268 g/mol. The molecule has 3 nitrogen and oxygen atoms in total. The van der Waals surface area contributed by atoms with Gasteiger partial charge in [-0.1, -0.05) is 0 Å². The summed E-state index contributed by atoms with van der Waals surface area (Å²) in [7, 11) is 0. The van der Waals surface area contributed by atoms with Crippen molar-refractivity contribution in [3.8, 4) is 6.07 Å². The zero-order chi connectivity index (χ0) is 14.0. The van der Waals surface area contributed by atoms with E-state index in [1.165, 1.54) is 4.90 Å². The highest BCUT2D eigenvalue weighted by Crippen LogP contribution is 2.30. The highest BCUT2D eigenvalue weighted by atomic mass is 19.4. The minimum absolute atomic E-state index is 0.0372. The summed E-state index contributed by atoms with van der Waals surface area (Å²) in [5, 5.41) is 8.67. The van der Waals surface area contributed by atoms with E-state index >= 15 is 0 Å². The van der Waals surface area contributed by atoms with Crippen LogP contribution in [0.15, 0.2) is 24.3 Å². The second kappa shape index (κ2) is 4.92. The zero-order valence-electron chi connectivity index (χ0n) is 9.94. The fourth-order valence-electron chi connectivity index (χ4n) is 1.80. The van der Waals surface area contributed by atoms with Crippen molar-refractivity contribution >= 4 is 5.91 Å². The van der Waals surface area contributed by atoms with Crippen LogP contribution in [-0.4, -0.2) is 23.4 Å². The lowest BCUT2D eigenvalue weighted by atomic mass is 10.1. The summed E-state index contributed by atoms with van der Waals surface area (Å²) in [4.78, 5) is 13.5. The van der Waals surface area contributed by atoms with Crippen molar-refractivity contribution < 1.29 is 18.0 Å². The Bertz CT molecular complexity index is 512. The number of carbonyl (C=O) groups is 1. The first-order chi connectivity index (χ1) is 8.93. The van der Waals surface area contributed by atoms with Crippen LogP contribution < -0.4 is 0 Å². The van der Waals surface area contributed by atoms with Crippen LogP contribution in [0.1, 0.15) is 28.8 Å². The van der Waals surface area contributed by atoms with E-state index in [-0.39, 0.29) is 18.2 Å². The normalized spacial score (nSPS) is 14.8. The summed E-state index contributed by atoms with van der Waals surface area (Å²) >= 11 is 0. The lowest BCUT2D eigenvalue weighted by Gasteiger charge is -2.19. The number of amides is 1. The molecule has 1 saturated carbocycles. The fourth-order valence-corrected chi connectivity index (χ4v) is 1.80. The van der Waals surface area contributed by atoms with Gasteiger partial charge in [0.05, 0.1) is 11.6 Å². The molecule has 0 saturated heterocycles. The minimum atomic E-state index is -4.41. The zero-order valence-corrected chi connectivity index (χ0v) is 9.94. The lowest BCUT2D eigenvalue weighted by Crippen LogP contribution is -2.33. The third-order valence-electron chi connectivity index (χ3n) is 2.95. The van der Waals surface area contributed by atoms with E-state index in [9.17, 15) is 18.0 Å². The molecule has 19 heavy (non-hydrogen) atoms. The molecule has 1 aromatic carbocycles. The Hall–Kier alpha value is -2.03. The maximum Gasteiger partial charge on any atom is 0.416 e. The predicted molar refractivity (Wildman–Crippen MR) is 61.1 cm³/mol. The molecule has 1 aliphatic rings. The molecular weight excluding hydrogens is 257 g/mol. The van der Waals surface area contributed by atoms with E-state index < -0.39 is 17.6 Å². The van der Waals surface area contributed by atoms with Gasteiger partial charge in [-0.15, -0.1) is 0 Å². The van der Waals surface area contributed by atoms with Gasteiger partial charge in [0.1, 0.15) is 6.54 Å². The van der Waals surface area contributed by atoms with Gasteiger partial charge in [-0.25, -0.2) is 0 Å². The molecule has 0 aliphatic heterocycles. The molecule has 0 aromatic heterocycles. The van der Waals surface area contributed by atoms with Gasteiger partial charge < -0.3 is 4.90 Å². The standard InChI is InChI=1S/C13H11F3N2O/c14-13(15,16)10-3-1-9(2-4-10)12(19)18(8-7-17)11-5-6-11/h1-4,11H,5-6,8H2. The van der Waals surface area contributed by atoms with Crippen LogP contribution in [0, 0.1) is 11.3 Å². The van der Waals surface area contributed by atoms with Crippen molar-refractivity contribution in [2.24, 2.45) is 0 Å². The quantitative estimate of drug-likeness (QED) is 0.791. The summed E-state index contributed by atoms with van der Waals surface area (Å²) in [5.41, 5.74) is -0.613. The Labute approximate surface area is 108 Å². The Kier molecular flexibility index (Phi) is 3.47. The summed E-state index contributed by atoms with van der Waals surface area (Å²) in [5.74, 6) is -0.391. The Morgan fingerprint density at radius 2 is 1.89 bits per heavy atom. The molecule has 0 bridgehead atoms. The first-order valence-electron chi connectivity index (χ1n) is 5.78. The fraction of sp³-hybridized carbons (Fsp3) is 0.385. The SMILES string of the molecule is N#CCN(C(=O)c1ccc(C(F)(F)F)cc1)C1CC1. The monoisotopic (exact) mass is 268 g/mol. The Morgan fingerprint density at radius 1 is 1.32 bits per heavy atom. The average Bonchev–Trinajstić information content (AvgIpc) is 3.18. The first kappa shape index (κ1) is 13.4. The number of benzene rings is 1. The highest BCUT2D eigenvalue weighted by Gasteiger charge is 2.34. The largest absolute Gasteiger partial charge is 0.416 e. The third kappa shape index (κ3) is 3.05.